The van der Waals surface area contributed by atoms with Crippen LogP contribution in [0.15, 0.2) is 53.4 Å². The van der Waals surface area contributed by atoms with Gasteiger partial charge in [0.1, 0.15) is 0 Å². The van der Waals surface area contributed by atoms with Gasteiger partial charge >= 0.3 is 0 Å². The minimum atomic E-state index is -3.41. The first kappa shape index (κ1) is 21.3. The van der Waals surface area contributed by atoms with E-state index in [0.717, 1.165) is 37.8 Å². The number of hydrogen-bond donors (Lipinski definition) is 2. The summed E-state index contributed by atoms with van der Waals surface area (Å²) in [5.41, 5.74) is 2.74. The molecule has 6 nitrogen and oxygen atoms in total. The van der Waals surface area contributed by atoms with Gasteiger partial charge in [-0.3, -0.25) is 4.79 Å². The van der Waals surface area contributed by atoms with E-state index < -0.39 is 10.0 Å². The van der Waals surface area contributed by atoms with Crippen molar-refractivity contribution >= 4 is 27.3 Å². The van der Waals surface area contributed by atoms with E-state index in [1.54, 1.807) is 24.3 Å². The van der Waals surface area contributed by atoms with Gasteiger partial charge in [-0.15, -0.1) is 0 Å². The van der Waals surface area contributed by atoms with Gasteiger partial charge in [0.15, 0.2) is 0 Å². The molecule has 0 saturated carbocycles. The second-order valence-electron chi connectivity index (χ2n) is 7.34. The number of benzene rings is 2. The predicted molar refractivity (Wildman–Crippen MR) is 117 cm³/mol. The first-order valence-corrected chi connectivity index (χ1v) is 11.7. The van der Waals surface area contributed by atoms with Crippen molar-refractivity contribution in [2.75, 3.05) is 30.3 Å². The maximum atomic E-state index is 12.5. The monoisotopic (exact) mass is 415 g/mol. The normalized spacial score (nSPS) is 14.7. The Labute approximate surface area is 173 Å². The first-order valence-electron chi connectivity index (χ1n) is 10.2. The van der Waals surface area contributed by atoms with Gasteiger partial charge in [0.2, 0.25) is 15.9 Å². The molecule has 0 radical (unpaired) electrons. The third-order valence-electron chi connectivity index (χ3n) is 5.07. The van der Waals surface area contributed by atoms with Crippen molar-refractivity contribution in [3.63, 3.8) is 0 Å². The number of aryl methyl sites for hydroxylation is 1. The summed E-state index contributed by atoms with van der Waals surface area (Å²) in [7, 11) is -3.41. The summed E-state index contributed by atoms with van der Waals surface area (Å²) < 4.78 is 26.6. The highest BCUT2D eigenvalue weighted by molar-refractivity contribution is 7.89. The molecule has 0 unspecified atom stereocenters. The fraction of sp³-hybridized carbons (Fsp3) is 0.409. The van der Waals surface area contributed by atoms with Gasteiger partial charge in [0.05, 0.1) is 11.4 Å². The van der Waals surface area contributed by atoms with Crippen molar-refractivity contribution in [3.05, 3.63) is 54.1 Å². The first-order chi connectivity index (χ1) is 14.0. The summed E-state index contributed by atoms with van der Waals surface area (Å²) in [6, 6.07) is 14.5. The summed E-state index contributed by atoms with van der Waals surface area (Å²) in [5, 5.41) is 5.90. The standard InChI is InChI=1S/C22H29N3O3S/c1-2-3-6-18-7-9-20(10-8-18)24-22(26)17-23-19-11-13-21(14-12-19)29(27,28)25-15-4-5-16-25/h7-14,23H,2-6,15-17H2,1H3,(H,24,26). The topological polar surface area (TPSA) is 78.5 Å². The Balaban J connectivity index is 1.50. The van der Waals surface area contributed by atoms with Crippen molar-refractivity contribution in [2.45, 2.75) is 43.9 Å². The van der Waals surface area contributed by atoms with Gasteiger partial charge in [-0.2, -0.15) is 4.31 Å². The molecule has 0 aliphatic carbocycles. The number of nitrogens with one attached hydrogen (secondary N) is 2. The molecule has 1 amide bonds. The Morgan fingerprint density at radius 3 is 2.21 bits per heavy atom. The summed E-state index contributed by atoms with van der Waals surface area (Å²) in [6.45, 7) is 3.45. The molecule has 1 aliphatic heterocycles. The smallest absolute Gasteiger partial charge is 0.243 e. The molecular formula is C22H29N3O3S. The summed E-state index contributed by atoms with van der Waals surface area (Å²) in [5.74, 6) is -0.153. The van der Waals surface area contributed by atoms with E-state index in [2.05, 4.69) is 17.6 Å². The molecule has 2 N–H and O–H groups in total. The van der Waals surface area contributed by atoms with Crippen LogP contribution in [-0.2, 0) is 21.2 Å². The van der Waals surface area contributed by atoms with Crippen LogP contribution >= 0.6 is 0 Å². The zero-order chi connectivity index (χ0) is 20.7. The van der Waals surface area contributed by atoms with Crippen LogP contribution in [0.3, 0.4) is 0 Å². The Kier molecular flexibility index (Phi) is 7.28. The molecule has 2 aromatic rings. The second-order valence-corrected chi connectivity index (χ2v) is 9.28. The Hall–Kier alpha value is -2.38. The van der Waals surface area contributed by atoms with Crippen LogP contribution in [0.25, 0.3) is 0 Å². The van der Waals surface area contributed by atoms with Crippen molar-refractivity contribution in [2.24, 2.45) is 0 Å². The predicted octanol–water partition coefficient (Wildman–Crippen LogP) is 3.86. The highest BCUT2D eigenvalue weighted by Gasteiger charge is 2.26. The van der Waals surface area contributed by atoms with Gasteiger partial charge in [0, 0.05) is 24.5 Å². The molecule has 0 aromatic heterocycles. The molecule has 2 aromatic carbocycles. The van der Waals surface area contributed by atoms with E-state index in [4.69, 9.17) is 0 Å². The lowest BCUT2D eigenvalue weighted by atomic mass is 10.1. The van der Waals surface area contributed by atoms with E-state index >= 15 is 0 Å². The Morgan fingerprint density at radius 1 is 0.966 bits per heavy atom. The van der Waals surface area contributed by atoms with Crippen LogP contribution in [0.2, 0.25) is 0 Å². The second kappa shape index (κ2) is 9.89. The van der Waals surface area contributed by atoms with Gasteiger partial charge in [-0.05, 0) is 67.6 Å². The van der Waals surface area contributed by atoms with E-state index in [-0.39, 0.29) is 17.3 Å². The quantitative estimate of drug-likeness (QED) is 0.652. The molecule has 1 aliphatic rings. The maximum Gasteiger partial charge on any atom is 0.243 e. The van der Waals surface area contributed by atoms with Crippen molar-refractivity contribution < 1.29 is 13.2 Å². The van der Waals surface area contributed by atoms with Gasteiger partial charge in [-0.25, -0.2) is 8.42 Å². The van der Waals surface area contributed by atoms with Crippen LogP contribution in [0, 0.1) is 0 Å². The average molecular weight is 416 g/mol. The maximum absolute atomic E-state index is 12.5. The number of anilines is 2. The lowest BCUT2D eigenvalue weighted by molar-refractivity contribution is -0.114. The molecule has 0 spiro atoms. The summed E-state index contributed by atoms with van der Waals surface area (Å²) in [4.78, 5) is 12.5. The molecule has 29 heavy (non-hydrogen) atoms. The van der Waals surface area contributed by atoms with Crippen molar-refractivity contribution in [1.29, 1.82) is 0 Å². The molecule has 0 bridgehead atoms. The molecule has 3 rings (SSSR count). The average Bonchev–Trinajstić information content (AvgIpc) is 3.28. The molecule has 1 saturated heterocycles. The van der Waals surface area contributed by atoms with Crippen LogP contribution < -0.4 is 10.6 Å². The molecular weight excluding hydrogens is 386 g/mol. The van der Waals surface area contributed by atoms with Crippen LogP contribution in [0.5, 0.6) is 0 Å². The number of hydrogen-bond acceptors (Lipinski definition) is 4. The fourth-order valence-electron chi connectivity index (χ4n) is 3.35. The minimum absolute atomic E-state index is 0.107. The minimum Gasteiger partial charge on any atom is -0.376 e. The van der Waals surface area contributed by atoms with Crippen LogP contribution in [-0.4, -0.2) is 38.3 Å². The van der Waals surface area contributed by atoms with Crippen molar-refractivity contribution in [1.82, 2.24) is 4.31 Å². The van der Waals surface area contributed by atoms with Crippen LogP contribution in [0.4, 0.5) is 11.4 Å². The SMILES string of the molecule is CCCCc1ccc(NC(=O)CNc2ccc(S(=O)(=O)N3CCCC3)cc2)cc1. The largest absolute Gasteiger partial charge is 0.376 e. The van der Waals surface area contributed by atoms with Gasteiger partial charge < -0.3 is 10.6 Å². The third kappa shape index (κ3) is 5.81. The number of nitrogens with zero attached hydrogens (tertiary/aromatic N) is 1. The lowest BCUT2D eigenvalue weighted by Gasteiger charge is -2.15. The van der Waals surface area contributed by atoms with E-state index in [0.29, 0.717) is 18.8 Å². The summed E-state index contributed by atoms with van der Waals surface area (Å²) in [6.07, 6.45) is 5.20. The van der Waals surface area contributed by atoms with E-state index in [9.17, 15) is 13.2 Å². The Bertz CT molecular complexity index is 903. The highest BCUT2D eigenvalue weighted by Crippen LogP contribution is 2.22. The number of unbranched alkanes of at least 4 members (excludes halogenated alkanes) is 1. The number of rotatable bonds is 9. The van der Waals surface area contributed by atoms with Crippen molar-refractivity contribution in [3.8, 4) is 0 Å². The summed E-state index contributed by atoms with van der Waals surface area (Å²) >= 11 is 0. The fourth-order valence-corrected chi connectivity index (χ4v) is 4.86. The molecule has 1 fully saturated rings. The highest BCUT2D eigenvalue weighted by atomic mass is 32.2. The molecule has 7 heteroatoms. The number of carbonyl (C=O) groups excluding carboxylic acids is 1. The molecule has 156 valence electrons. The number of carbonyl (C=O) groups is 1. The van der Waals surface area contributed by atoms with E-state index in [1.165, 1.54) is 9.87 Å². The van der Waals surface area contributed by atoms with Gasteiger partial charge in [0.25, 0.3) is 0 Å². The Morgan fingerprint density at radius 2 is 1.59 bits per heavy atom. The van der Waals surface area contributed by atoms with E-state index in [1.807, 2.05) is 24.3 Å². The lowest BCUT2D eigenvalue weighted by Crippen LogP contribution is -2.27. The zero-order valence-corrected chi connectivity index (χ0v) is 17.7. The molecule has 0 atom stereocenters. The third-order valence-corrected chi connectivity index (χ3v) is 6.98. The molecule has 1 heterocycles. The number of amides is 1. The van der Waals surface area contributed by atoms with Crippen LogP contribution in [0.1, 0.15) is 38.2 Å². The zero-order valence-electron chi connectivity index (χ0n) is 16.9. The van der Waals surface area contributed by atoms with Gasteiger partial charge in [-0.1, -0.05) is 25.5 Å². The number of sulfonamides is 1.